The number of primary amides is 1. The first-order valence-corrected chi connectivity index (χ1v) is 4.48. The Morgan fingerprint density at radius 1 is 1.40 bits per heavy atom. The molecule has 0 bridgehead atoms. The van der Waals surface area contributed by atoms with E-state index in [2.05, 4.69) is 4.98 Å². The van der Waals surface area contributed by atoms with Crippen LogP contribution in [0.5, 0.6) is 0 Å². The molecule has 0 saturated carbocycles. The summed E-state index contributed by atoms with van der Waals surface area (Å²) in [4.78, 5) is 15.1. The van der Waals surface area contributed by atoms with E-state index in [1.165, 1.54) is 6.26 Å². The summed E-state index contributed by atoms with van der Waals surface area (Å²) in [6, 6.07) is 5.29. The number of hydrogen-bond acceptors (Lipinski definition) is 3. The van der Waals surface area contributed by atoms with Gasteiger partial charge in [-0.05, 0) is 30.7 Å². The van der Waals surface area contributed by atoms with Crippen LogP contribution in [0.3, 0.4) is 0 Å². The van der Waals surface area contributed by atoms with Crippen LogP contribution in [0.15, 0.2) is 35.1 Å². The molecule has 0 saturated heterocycles. The third-order valence-electron chi connectivity index (χ3n) is 2.04. The zero-order valence-corrected chi connectivity index (χ0v) is 8.23. The highest BCUT2D eigenvalue weighted by atomic mass is 16.3. The molecule has 15 heavy (non-hydrogen) atoms. The molecule has 4 nitrogen and oxygen atoms in total. The Bertz CT molecular complexity index is 489. The number of carbonyl (C=O) groups is 1. The second-order valence-corrected chi connectivity index (χ2v) is 3.29. The Morgan fingerprint density at radius 3 is 2.80 bits per heavy atom. The first-order chi connectivity index (χ1) is 7.16. The first kappa shape index (κ1) is 9.45. The lowest BCUT2D eigenvalue weighted by Gasteiger charge is -2.01. The van der Waals surface area contributed by atoms with Gasteiger partial charge >= 0.3 is 0 Å². The predicted octanol–water partition coefficient (Wildman–Crippen LogP) is 1.75. The Balaban J connectivity index is 2.54. The minimum atomic E-state index is -0.452. The van der Waals surface area contributed by atoms with E-state index < -0.39 is 5.91 Å². The maximum Gasteiger partial charge on any atom is 0.248 e. The van der Waals surface area contributed by atoms with E-state index in [4.69, 9.17) is 10.2 Å². The molecule has 76 valence electrons. The normalized spacial score (nSPS) is 10.2. The molecule has 0 radical (unpaired) electrons. The molecule has 0 unspecified atom stereocenters. The molecule has 0 atom stereocenters. The molecule has 0 aliphatic carbocycles. The minimum Gasteiger partial charge on any atom is -0.445 e. The summed E-state index contributed by atoms with van der Waals surface area (Å²) >= 11 is 0. The van der Waals surface area contributed by atoms with Crippen molar-refractivity contribution in [3.8, 4) is 11.5 Å². The van der Waals surface area contributed by atoms with Crippen LogP contribution >= 0.6 is 0 Å². The fraction of sp³-hybridized carbons (Fsp3) is 0.0909. The van der Waals surface area contributed by atoms with Gasteiger partial charge < -0.3 is 10.2 Å². The third kappa shape index (κ3) is 1.88. The standard InChI is InChI=1S/C11H10N2O2/c1-7-4-8(10(12)14)6-9(5-7)11-13-2-3-15-11/h2-6H,1H3,(H2,12,14). The van der Waals surface area contributed by atoms with Gasteiger partial charge in [0.25, 0.3) is 0 Å². The van der Waals surface area contributed by atoms with Crippen molar-refractivity contribution in [3.05, 3.63) is 41.8 Å². The fourth-order valence-corrected chi connectivity index (χ4v) is 1.41. The van der Waals surface area contributed by atoms with Gasteiger partial charge in [0, 0.05) is 11.1 Å². The lowest BCUT2D eigenvalue weighted by Crippen LogP contribution is -2.11. The molecule has 2 rings (SSSR count). The summed E-state index contributed by atoms with van der Waals surface area (Å²) in [6.45, 7) is 1.89. The quantitative estimate of drug-likeness (QED) is 0.806. The third-order valence-corrected chi connectivity index (χ3v) is 2.04. The van der Waals surface area contributed by atoms with Gasteiger partial charge in [0.05, 0.1) is 6.20 Å². The Kier molecular flexibility index (Phi) is 2.25. The number of nitrogens with two attached hydrogens (primary N) is 1. The van der Waals surface area contributed by atoms with Gasteiger partial charge in [-0.1, -0.05) is 0 Å². The van der Waals surface area contributed by atoms with Crippen LogP contribution in [0, 0.1) is 6.92 Å². The molecule has 2 aromatic rings. The number of carbonyl (C=O) groups excluding carboxylic acids is 1. The van der Waals surface area contributed by atoms with Gasteiger partial charge in [-0.25, -0.2) is 4.98 Å². The van der Waals surface area contributed by atoms with Gasteiger partial charge in [0.2, 0.25) is 11.8 Å². The topological polar surface area (TPSA) is 69.1 Å². The van der Waals surface area contributed by atoms with E-state index in [0.29, 0.717) is 11.5 Å². The second kappa shape index (κ2) is 3.57. The minimum absolute atomic E-state index is 0.452. The van der Waals surface area contributed by atoms with Crippen molar-refractivity contribution in [2.24, 2.45) is 5.73 Å². The molecule has 1 heterocycles. The van der Waals surface area contributed by atoms with E-state index in [-0.39, 0.29) is 0 Å². The van der Waals surface area contributed by atoms with E-state index in [0.717, 1.165) is 11.1 Å². The van der Waals surface area contributed by atoms with Gasteiger partial charge in [0.15, 0.2) is 0 Å². The molecule has 1 amide bonds. The van der Waals surface area contributed by atoms with Crippen molar-refractivity contribution in [1.29, 1.82) is 0 Å². The Labute approximate surface area is 86.7 Å². The maximum absolute atomic E-state index is 11.0. The molecule has 4 heteroatoms. The number of oxazole rings is 1. The summed E-state index contributed by atoms with van der Waals surface area (Å²) in [5.41, 5.74) is 7.38. The summed E-state index contributed by atoms with van der Waals surface area (Å²) in [5.74, 6) is 0.0349. The number of aromatic nitrogens is 1. The second-order valence-electron chi connectivity index (χ2n) is 3.29. The van der Waals surface area contributed by atoms with Gasteiger partial charge in [0.1, 0.15) is 6.26 Å². The molecule has 0 aliphatic rings. The highest BCUT2D eigenvalue weighted by molar-refractivity contribution is 5.94. The number of hydrogen-bond donors (Lipinski definition) is 1. The predicted molar refractivity (Wildman–Crippen MR) is 55.2 cm³/mol. The lowest BCUT2D eigenvalue weighted by atomic mass is 10.1. The highest BCUT2D eigenvalue weighted by Gasteiger charge is 2.07. The summed E-state index contributed by atoms with van der Waals surface area (Å²) in [6.07, 6.45) is 3.04. The van der Waals surface area contributed by atoms with Crippen molar-refractivity contribution in [2.45, 2.75) is 6.92 Å². The zero-order valence-electron chi connectivity index (χ0n) is 8.23. The number of amides is 1. The SMILES string of the molecule is Cc1cc(C(N)=O)cc(-c2ncco2)c1. The number of nitrogens with zero attached hydrogens (tertiary/aromatic N) is 1. The smallest absolute Gasteiger partial charge is 0.248 e. The van der Waals surface area contributed by atoms with Crippen LogP contribution in [-0.2, 0) is 0 Å². The van der Waals surface area contributed by atoms with Crippen molar-refractivity contribution < 1.29 is 9.21 Å². The summed E-state index contributed by atoms with van der Waals surface area (Å²) < 4.78 is 5.15. The Hall–Kier alpha value is -2.10. The van der Waals surface area contributed by atoms with Crippen LogP contribution < -0.4 is 5.73 Å². The van der Waals surface area contributed by atoms with Crippen molar-refractivity contribution in [1.82, 2.24) is 4.98 Å². The molecular weight excluding hydrogens is 192 g/mol. The van der Waals surface area contributed by atoms with E-state index in [1.54, 1.807) is 18.3 Å². The molecule has 0 aliphatic heterocycles. The fourth-order valence-electron chi connectivity index (χ4n) is 1.41. The van der Waals surface area contributed by atoms with Crippen LogP contribution in [0.1, 0.15) is 15.9 Å². The maximum atomic E-state index is 11.0. The van der Waals surface area contributed by atoms with Crippen LogP contribution in [-0.4, -0.2) is 10.9 Å². The summed E-state index contributed by atoms with van der Waals surface area (Å²) in [5, 5.41) is 0. The molecule has 0 spiro atoms. The zero-order chi connectivity index (χ0) is 10.8. The van der Waals surface area contributed by atoms with Gasteiger partial charge in [-0.2, -0.15) is 0 Å². The van der Waals surface area contributed by atoms with E-state index in [1.807, 2.05) is 13.0 Å². The Morgan fingerprint density at radius 2 is 2.20 bits per heavy atom. The van der Waals surface area contributed by atoms with E-state index >= 15 is 0 Å². The van der Waals surface area contributed by atoms with Gasteiger partial charge in [-0.15, -0.1) is 0 Å². The average Bonchev–Trinajstić information content (AvgIpc) is 2.69. The highest BCUT2D eigenvalue weighted by Crippen LogP contribution is 2.20. The lowest BCUT2D eigenvalue weighted by molar-refractivity contribution is 0.100. The molecule has 0 fully saturated rings. The first-order valence-electron chi connectivity index (χ1n) is 4.48. The average molecular weight is 202 g/mol. The van der Waals surface area contributed by atoms with Crippen LogP contribution in [0.4, 0.5) is 0 Å². The monoisotopic (exact) mass is 202 g/mol. The van der Waals surface area contributed by atoms with Crippen LogP contribution in [0.25, 0.3) is 11.5 Å². The largest absolute Gasteiger partial charge is 0.445 e. The van der Waals surface area contributed by atoms with Crippen molar-refractivity contribution >= 4 is 5.91 Å². The number of aryl methyl sites for hydroxylation is 1. The number of benzene rings is 1. The molecule has 1 aromatic heterocycles. The summed E-state index contributed by atoms with van der Waals surface area (Å²) in [7, 11) is 0. The molecule has 2 N–H and O–H groups in total. The van der Waals surface area contributed by atoms with Gasteiger partial charge in [-0.3, -0.25) is 4.79 Å². The number of rotatable bonds is 2. The van der Waals surface area contributed by atoms with Crippen LogP contribution in [0.2, 0.25) is 0 Å². The molecular formula is C11H10N2O2. The molecule has 1 aromatic carbocycles. The van der Waals surface area contributed by atoms with Crippen molar-refractivity contribution in [3.63, 3.8) is 0 Å². The van der Waals surface area contributed by atoms with E-state index in [9.17, 15) is 4.79 Å². The van der Waals surface area contributed by atoms with Crippen molar-refractivity contribution in [2.75, 3.05) is 0 Å².